The lowest BCUT2D eigenvalue weighted by Gasteiger charge is -2.33. The number of amides is 2. The predicted molar refractivity (Wildman–Crippen MR) is 102 cm³/mol. The molecule has 0 radical (unpaired) electrons. The minimum Gasteiger partial charge on any atom is -0.494 e. The normalized spacial score (nSPS) is 15.5. The summed E-state index contributed by atoms with van der Waals surface area (Å²) < 4.78 is 5.70. The van der Waals surface area contributed by atoms with Gasteiger partial charge in [-0.2, -0.15) is 0 Å². The second-order valence-corrected chi connectivity index (χ2v) is 7.51. The van der Waals surface area contributed by atoms with Crippen LogP contribution < -0.4 is 15.4 Å². The summed E-state index contributed by atoms with van der Waals surface area (Å²) in [6, 6.07) is 5.54. The zero-order valence-corrected chi connectivity index (χ0v) is 16.1. The molecular formula is C20H28N2O5. The number of carboxylic acid groups (broad SMARTS) is 1. The fourth-order valence-electron chi connectivity index (χ4n) is 2.96. The number of hydrogen-bond acceptors (Lipinski definition) is 4. The average molecular weight is 376 g/mol. The molecule has 1 aliphatic heterocycles. The third-order valence-electron chi connectivity index (χ3n) is 5.01. The van der Waals surface area contributed by atoms with E-state index in [-0.39, 0.29) is 30.6 Å². The number of carboxylic acids is 1. The lowest BCUT2D eigenvalue weighted by atomic mass is 9.85. The fraction of sp³-hybridized carbons (Fsp3) is 0.550. The molecule has 0 saturated carbocycles. The van der Waals surface area contributed by atoms with Gasteiger partial charge in [-0.1, -0.05) is 13.8 Å². The van der Waals surface area contributed by atoms with E-state index in [4.69, 9.17) is 9.84 Å². The third-order valence-corrected chi connectivity index (χ3v) is 5.01. The molecule has 1 aromatic carbocycles. The number of carbonyl (C=O) groups excluding carboxylic acids is 2. The molecule has 2 amide bonds. The molecule has 0 aromatic heterocycles. The van der Waals surface area contributed by atoms with Crippen molar-refractivity contribution in [2.45, 2.75) is 58.4 Å². The van der Waals surface area contributed by atoms with Crippen molar-refractivity contribution in [1.82, 2.24) is 5.32 Å². The minimum atomic E-state index is -0.932. The number of benzene rings is 1. The van der Waals surface area contributed by atoms with Crippen LogP contribution in [-0.2, 0) is 20.8 Å². The van der Waals surface area contributed by atoms with Crippen LogP contribution in [0.1, 0.15) is 52.0 Å². The van der Waals surface area contributed by atoms with Crippen LogP contribution in [0, 0.1) is 5.92 Å². The highest BCUT2D eigenvalue weighted by Gasteiger charge is 2.32. The van der Waals surface area contributed by atoms with Gasteiger partial charge >= 0.3 is 5.97 Å². The smallest absolute Gasteiger partial charge is 0.305 e. The molecule has 7 heteroatoms. The van der Waals surface area contributed by atoms with Crippen LogP contribution in [0.2, 0.25) is 0 Å². The monoisotopic (exact) mass is 376 g/mol. The number of ether oxygens (including phenoxy) is 1. The number of hydrogen-bond donors (Lipinski definition) is 3. The topological polar surface area (TPSA) is 105 Å². The Balaban J connectivity index is 1.78. The number of anilines is 1. The Hall–Kier alpha value is -2.57. The summed E-state index contributed by atoms with van der Waals surface area (Å²) in [5.74, 6) is -0.367. The van der Waals surface area contributed by atoms with E-state index in [0.29, 0.717) is 31.6 Å². The first-order chi connectivity index (χ1) is 12.7. The van der Waals surface area contributed by atoms with Gasteiger partial charge in [0.25, 0.3) is 0 Å². The molecule has 0 fully saturated rings. The molecule has 148 valence electrons. The van der Waals surface area contributed by atoms with E-state index in [0.717, 1.165) is 11.3 Å². The highest BCUT2D eigenvalue weighted by Crippen LogP contribution is 2.27. The van der Waals surface area contributed by atoms with Gasteiger partial charge in [-0.25, -0.2) is 0 Å². The number of carbonyl (C=O) groups is 3. The van der Waals surface area contributed by atoms with E-state index < -0.39 is 11.5 Å². The maximum atomic E-state index is 12.2. The van der Waals surface area contributed by atoms with Crippen molar-refractivity contribution in [2.24, 2.45) is 5.92 Å². The van der Waals surface area contributed by atoms with Crippen molar-refractivity contribution in [3.05, 3.63) is 23.8 Å². The summed E-state index contributed by atoms with van der Waals surface area (Å²) in [6.45, 7) is 5.93. The summed E-state index contributed by atoms with van der Waals surface area (Å²) in [6.07, 6.45) is 1.85. The van der Waals surface area contributed by atoms with E-state index in [9.17, 15) is 14.4 Å². The number of aliphatic carboxylic acids is 1. The second kappa shape index (κ2) is 8.88. The largest absolute Gasteiger partial charge is 0.494 e. The third kappa shape index (κ3) is 5.98. The molecule has 0 spiro atoms. The molecule has 27 heavy (non-hydrogen) atoms. The first-order valence-electron chi connectivity index (χ1n) is 9.28. The lowest BCUT2D eigenvalue weighted by molar-refractivity contribution is -0.139. The summed E-state index contributed by atoms with van der Waals surface area (Å²) >= 11 is 0. The molecule has 1 aliphatic rings. The Morgan fingerprint density at radius 3 is 2.74 bits per heavy atom. The SMILES string of the molecule is CC(C)C(C)(CC(=O)O)NC(=O)CCCOc1ccc2c(c1)CCC(=O)N2. The number of rotatable bonds is 9. The molecule has 0 saturated heterocycles. The molecule has 0 aliphatic carbocycles. The number of aryl methyl sites for hydroxylation is 1. The van der Waals surface area contributed by atoms with E-state index in [1.165, 1.54) is 0 Å². The van der Waals surface area contributed by atoms with Gasteiger partial charge in [-0.05, 0) is 49.4 Å². The lowest BCUT2D eigenvalue weighted by Crippen LogP contribution is -2.51. The Labute approximate surface area is 159 Å². The van der Waals surface area contributed by atoms with Crippen LogP contribution in [-0.4, -0.2) is 35.0 Å². The molecule has 0 bridgehead atoms. The summed E-state index contributed by atoms with van der Waals surface area (Å²) in [4.78, 5) is 34.6. The Morgan fingerprint density at radius 1 is 1.33 bits per heavy atom. The van der Waals surface area contributed by atoms with Crippen molar-refractivity contribution >= 4 is 23.5 Å². The zero-order chi connectivity index (χ0) is 20.0. The number of nitrogens with one attached hydrogen (secondary N) is 2. The number of fused-ring (bicyclic) bond motifs is 1. The zero-order valence-electron chi connectivity index (χ0n) is 16.1. The van der Waals surface area contributed by atoms with E-state index in [1.807, 2.05) is 26.0 Å². The first kappa shape index (κ1) is 20.7. The first-order valence-corrected chi connectivity index (χ1v) is 9.28. The highest BCUT2D eigenvalue weighted by molar-refractivity contribution is 5.94. The average Bonchev–Trinajstić information content (AvgIpc) is 2.57. The predicted octanol–water partition coefficient (Wildman–Crippen LogP) is 2.74. The van der Waals surface area contributed by atoms with Crippen LogP contribution >= 0.6 is 0 Å². The van der Waals surface area contributed by atoms with Crippen LogP contribution in [0.4, 0.5) is 5.69 Å². The Kier molecular flexibility index (Phi) is 6.82. The van der Waals surface area contributed by atoms with Crippen LogP contribution in [0.3, 0.4) is 0 Å². The summed E-state index contributed by atoms with van der Waals surface area (Å²) in [7, 11) is 0. The van der Waals surface area contributed by atoms with Gasteiger partial charge in [0.2, 0.25) is 11.8 Å². The van der Waals surface area contributed by atoms with Gasteiger partial charge in [-0.15, -0.1) is 0 Å². The standard InChI is InChI=1S/C20H28N2O5/c1-13(2)20(3,12-19(25)26)22-18(24)5-4-10-27-15-7-8-16-14(11-15)6-9-17(23)21-16/h7-8,11,13H,4-6,9-10,12H2,1-3H3,(H,21,23)(H,22,24)(H,25,26). The molecule has 1 atom stereocenters. The van der Waals surface area contributed by atoms with Gasteiger partial charge in [0.05, 0.1) is 13.0 Å². The fourth-order valence-corrected chi connectivity index (χ4v) is 2.96. The van der Waals surface area contributed by atoms with Crippen molar-refractivity contribution in [3.63, 3.8) is 0 Å². The minimum absolute atomic E-state index is 0.00443. The molecule has 2 rings (SSSR count). The van der Waals surface area contributed by atoms with Crippen molar-refractivity contribution in [2.75, 3.05) is 11.9 Å². The molecule has 1 aromatic rings. The van der Waals surface area contributed by atoms with Crippen molar-refractivity contribution < 1.29 is 24.2 Å². The maximum absolute atomic E-state index is 12.2. The van der Waals surface area contributed by atoms with Gasteiger partial charge in [-0.3, -0.25) is 14.4 Å². The second-order valence-electron chi connectivity index (χ2n) is 7.51. The summed E-state index contributed by atoms with van der Waals surface area (Å²) in [5, 5.41) is 14.7. The van der Waals surface area contributed by atoms with Gasteiger partial charge < -0.3 is 20.5 Å². The van der Waals surface area contributed by atoms with E-state index in [1.54, 1.807) is 13.0 Å². The molecular weight excluding hydrogens is 348 g/mol. The molecule has 1 unspecified atom stereocenters. The van der Waals surface area contributed by atoms with Crippen LogP contribution in [0.5, 0.6) is 5.75 Å². The van der Waals surface area contributed by atoms with Crippen molar-refractivity contribution in [3.8, 4) is 5.75 Å². The molecule has 3 N–H and O–H groups in total. The maximum Gasteiger partial charge on any atom is 0.305 e. The Bertz CT molecular complexity index is 716. The molecule has 7 nitrogen and oxygen atoms in total. The van der Waals surface area contributed by atoms with E-state index >= 15 is 0 Å². The van der Waals surface area contributed by atoms with Gasteiger partial charge in [0.1, 0.15) is 5.75 Å². The summed E-state index contributed by atoms with van der Waals surface area (Å²) in [5.41, 5.74) is 1.10. The Morgan fingerprint density at radius 2 is 2.07 bits per heavy atom. The van der Waals surface area contributed by atoms with Crippen molar-refractivity contribution in [1.29, 1.82) is 0 Å². The van der Waals surface area contributed by atoms with Crippen LogP contribution in [0.25, 0.3) is 0 Å². The van der Waals surface area contributed by atoms with Gasteiger partial charge in [0.15, 0.2) is 0 Å². The van der Waals surface area contributed by atoms with E-state index in [2.05, 4.69) is 10.6 Å². The quantitative estimate of drug-likeness (QED) is 0.575. The molecule has 1 heterocycles. The highest BCUT2D eigenvalue weighted by atomic mass is 16.5. The van der Waals surface area contributed by atoms with Gasteiger partial charge in [0, 0.05) is 24.1 Å². The van der Waals surface area contributed by atoms with Crippen LogP contribution in [0.15, 0.2) is 18.2 Å².